The zero-order valence-corrected chi connectivity index (χ0v) is 20.0. The van der Waals surface area contributed by atoms with Crippen LogP contribution in [0.15, 0.2) is 42.5 Å². The molecule has 5 nitrogen and oxygen atoms in total. The third kappa shape index (κ3) is 5.95. The Kier molecular flexibility index (Phi) is 7.69. The van der Waals surface area contributed by atoms with Gasteiger partial charge in [0.2, 0.25) is 5.91 Å². The molecule has 0 saturated heterocycles. The van der Waals surface area contributed by atoms with Gasteiger partial charge in [-0.25, -0.2) is 0 Å². The minimum absolute atomic E-state index is 0.0369. The van der Waals surface area contributed by atoms with Crippen LogP contribution in [-0.4, -0.2) is 24.4 Å². The van der Waals surface area contributed by atoms with Crippen molar-refractivity contribution in [2.24, 2.45) is 5.92 Å². The van der Waals surface area contributed by atoms with Crippen molar-refractivity contribution in [3.8, 4) is 0 Å². The number of rotatable bonds is 8. The summed E-state index contributed by atoms with van der Waals surface area (Å²) in [6, 6.07) is 14.4. The molecule has 0 bridgehead atoms. The van der Waals surface area contributed by atoms with Crippen LogP contribution in [0.4, 0.5) is 11.4 Å². The Morgan fingerprint density at radius 3 is 2.61 bits per heavy atom. The molecule has 5 heteroatoms. The molecule has 1 atom stereocenters. The van der Waals surface area contributed by atoms with Gasteiger partial charge in [0, 0.05) is 36.9 Å². The van der Waals surface area contributed by atoms with Gasteiger partial charge in [0.1, 0.15) is 0 Å². The number of anilines is 2. The number of fused-ring (bicyclic) bond motifs is 1. The van der Waals surface area contributed by atoms with E-state index in [0.717, 1.165) is 38.0 Å². The first-order valence-corrected chi connectivity index (χ1v) is 12.6. The Balaban J connectivity index is 1.52. The summed E-state index contributed by atoms with van der Waals surface area (Å²) in [6.07, 6.45) is 8.43. The number of nitrogens with one attached hydrogen (secondary N) is 2. The Bertz CT molecular complexity index is 981. The van der Waals surface area contributed by atoms with E-state index in [0.29, 0.717) is 23.6 Å². The molecule has 4 rings (SSSR count). The van der Waals surface area contributed by atoms with Gasteiger partial charge in [0.05, 0.1) is 5.56 Å². The maximum atomic E-state index is 13.2. The molecule has 2 N–H and O–H groups in total. The lowest BCUT2D eigenvalue weighted by Crippen LogP contribution is -2.35. The number of benzene rings is 2. The maximum Gasteiger partial charge on any atom is 0.253 e. The van der Waals surface area contributed by atoms with Crippen molar-refractivity contribution >= 4 is 23.2 Å². The Labute approximate surface area is 197 Å². The first-order chi connectivity index (χ1) is 16.0. The van der Waals surface area contributed by atoms with Crippen LogP contribution in [-0.2, 0) is 17.8 Å². The smallest absolute Gasteiger partial charge is 0.253 e. The van der Waals surface area contributed by atoms with Crippen molar-refractivity contribution < 1.29 is 9.59 Å². The fourth-order valence-electron chi connectivity index (χ4n) is 5.03. The summed E-state index contributed by atoms with van der Waals surface area (Å²) in [5.41, 5.74) is 4.94. The molecule has 1 aliphatic heterocycles. The Morgan fingerprint density at radius 1 is 1.09 bits per heavy atom. The number of hydrogen-bond donors (Lipinski definition) is 2. The van der Waals surface area contributed by atoms with Crippen LogP contribution in [0.2, 0.25) is 0 Å². The summed E-state index contributed by atoms with van der Waals surface area (Å²) in [4.78, 5) is 28.1. The molecule has 2 aliphatic rings. The van der Waals surface area contributed by atoms with Crippen LogP contribution in [0.3, 0.4) is 0 Å². The Morgan fingerprint density at radius 2 is 1.85 bits per heavy atom. The van der Waals surface area contributed by atoms with E-state index in [2.05, 4.69) is 46.7 Å². The molecule has 2 aromatic rings. The highest BCUT2D eigenvalue weighted by molar-refractivity contribution is 6.02. The monoisotopic (exact) mass is 447 g/mol. The highest BCUT2D eigenvalue weighted by Gasteiger charge is 2.23. The van der Waals surface area contributed by atoms with Gasteiger partial charge < -0.3 is 15.5 Å². The second-order valence-corrected chi connectivity index (χ2v) is 9.69. The van der Waals surface area contributed by atoms with E-state index >= 15 is 0 Å². The SMILES string of the molecule is CCC(C)NC(=O)c1cc(NC(=O)CCC2CCCC2)ccc1N1CCc2ccccc2C1. The quantitative estimate of drug-likeness (QED) is 0.547. The highest BCUT2D eigenvalue weighted by Crippen LogP contribution is 2.31. The summed E-state index contributed by atoms with van der Waals surface area (Å²) in [6.45, 7) is 5.73. The molecule has 2 aromatic carbocycles. The van der Waals surface area contributed by atoms with E-state index in [1.165, 1.54) is 36.8 Å². The summed E-state index contributed by atoms with van der Waals surface area (Å²) in [5.74, 6) is 0.645. The average Bonchev–Trinajstić information content (AvgIpc) is 3.36. The minimum atomic E-state index is -0.0831. The largest absolute Gasteiger partial charge is 0.366 e. The van der Waals surface area contributed by atoms with Crippen LogP contribution in [0.5, 0.6) is 0 Å². The second-order valence-electron chi connectivity index (χ2n) is 9.69. The maximum absolute atomic E-state index is 13.2. The highest BCUT2D eigenvalue weighted by atomic mass is 16.2. The van der Waals surface area contributed by atoms with Gasteiger partial charge in [0.25, 0.3) is 5.91 Å². The van der Waals surface area contributed by atoms with Crippen molar-refractivity contribution in [3.05, 3.63) is 59.2 Å². The van der Waals surface area contributed by atoms with E-state index in [9.17, 15) is 9.59 Å². The van der Waals surface area contributed by atoms with E-state index in [4.69, 9.17) is 0 Å². The van der Waals surface area contributed by atoms with Gasteiger partial charge in [-0.3, -0.25) is 9.59 Å². The molecule has 0 radical (unpaired) electrons. The summed E-state index contributed by atoms with van der Waals surface area (Å²) in [7, 11) is 0. The van der Waals surface area contributed by atoms with Gasteiger partial charge in [0.15, 0.2) is 0 Å². The molecule has 0 aromatic heterocycles. The van der Waals surface area contributed by atoms with Crippen LogP contribution >= 0.6 is 0 Å². The fraction of sp³-hybridized carbons (Fsp3) is 0.500. The van der Waals surface area contributed by atoms with E-state index in [-0.39, 0.29) is 17.9 Å². The topological polar surface area (TPSA) is 61.4 Å². The third-order valence-electron chi connectivity index (χ3n) is 7.24. The predicted octanol–water partition coefficient (Wildman–Crippen LogP) is 5.69. The van der Waals surface area contributed by atoms with Crippen LogP contribution < -0.4 is 15.5 Å². The normalized spacial score (nSPS) is 16.8. The molecule has 1 heterocycles. The average molecular weight is 448 g/mol. The van der Waals surface area contributed by atoms with Gasteiger partial charge in [-0.15, -0.1) is 0 Å². The number of amides is 2. The molecule has 2 amide bonds. The van der Waals surface area contributed by atoms with Crippen molar-refractivity contribution in [1.29, 1.82) is 0 Å². The molecule has 1 unspecified atom stereocenters. The van der Waals surface area contributed by atoms with Gasteiger partial charge in [-0.2, -0.15) is 0 Å². The van der Waals surface area contributed by atoms with Crippen molar-refractivity contribution in [3.63, 3.8) is 0 Å². The predicted molar refractivity (Wildman–Crippen MR) is 135 cm³/mol. The van der Waals surface area contributed by atoms with E-state index < -0.39 is 0 Å². The number of hydrogen-bond acceptors (Lipinski definition) is 3. The molecule has 1 aliphatic carbocycles. The zero-order chi connectivity index (χ0) is 23.2. The van der Waals surface area contributed by atoms with Gasteiger partial charge in [-0.1, -0.05) is 56.9 Å². The first-order valence-electron chi connectivity index (χ1n) is 12.6. The molecular weight excluding hydrogens is 410 g/mol. The van der Waals surface area contributed by atoms with E-state index in [1.807, 2.05) is 25.1 Å². The summed E-state index contributed by atoms with van der Waals surface area (Å²) in [5, 5.41) is 6.15. The fourth-order valence-corrected chi connectivity index (χ4v) is 5.03. The number of carbonyl (C=O) groups is 2. The Hall–Kier alpha value is -2.82. The summed E-state index contributed by atoms with van der Waals surface area (Å²) >= 11 is 0. The third-order valence-corrected chi connectivity index (χ3v) is 7.24. The molecular formula is C28H37N3O2. The van der Waals surface area contributed by atoms with Crippen molar-refractivity contribution in [2.75, 3.05) is 16.8 Å². The molecule has 1 saturated carbocycles. The standard InChI is InChI=1S/C28H37N3O2/c1-3-20(2)29-28(33)25-18-24(30-27(32)15-12-21-8-4-5-9-21)13-14-26(25)31-17-16-22-10-6-7-11-23(22)19-31/h6-7,10-11,13-14,18,20-21H,3-5,8-9,12,15-17,19H2,1-2H3,(H,29,33)(H,30,32). The van der Waals surface area contributed by atoms with Crippen molar-refractivity contribution in [2.45, 2.75) is 77.8 Å². The van der Waals surface area contributed by atoms with E-state index in [1.54, 1.807) is 0 Å². The second kappa shape index (κ2) is 10.9. The lowest BCUT2D eigenvalue weighted by atomic mass is 9.98. The lowest BCUT2D eigenvalue weighted by Gasteiger charge is -2.32. The first kappa shape index (κ1) is 23.3. The number of carbonyl (C=O) groups excluding carboxylic acids is 2. The zero-order valence-electron chi connectivity index (χ0n) is 20.0. The minimum Gasteiger partial charge on any atom is -0.366 e. The molecule has 33 heavy (non-hydrogen) atoms. The van der Waals surface area contributed by atoms with Crippen LogP contribution in [0.1, 0.15) is 80.3 Å². The van der Waals surface area contributed by atoms with Gasteiger partial charge >= 0.3 is 0 Å². The molecule has 0 spiro atoms. The van der Waals surface area contributed by atoms with Crippen LogP contribution in [0.25, 0.3) is 0 Å². The lowest BCUT2D eigenvalue weighted by molar-refractivity contribution is -0.116. The van der Waals surface area contributed by atoms with Crippen molar-refractivity contribution in [1.82, 2.24) is 5.32 Å². The van der Waals surface area contributed by atoms with Gasteiger partial charge in [-0.05, 0) is 61.4 Å². The van der Waals surface area contributed by atoms with Crippen LogP contribution in [0, 0.1) is 5.92 Å². The number of nitrogens with zero attached hydrogens (tertiary/aromatic N) is 1. The molecule has 176 valence electrons. The summed E-state index contributed by atoms with van der Waals surface area (Å²) < 4.78 is 0. The molecule has 1 fully saturated rings.